The molecule has 0 aliphatic heterocycles. The highest BCUT2D eigenvalue weighted by atomic mass is 32.2. The third-order valence-electron chi connectivity index (χ3n) is 3.29. The number of esters is 1. The Balaban J connectivity index is 2.57. The van der Waals surface area contributed by atoms with Gasteiger partial charge in [0.15, 0.2) is 5.82 Å². The fourth-order valence-corrected chi connectivity index (χ4v) is 3.37. The standard InChI is InChI=1S/C15H16F3N3O5S/c1-3-25-13(22)14(15(16,17)18,19-12-9-10(2)26-20-12)21-27(23,24)11-7-5-4-6-8-11/h4-9,21H,3H2,1-2H3,(H,19,20). The van der Waals surface area contributed by atoms with Crippen LogP contribution in [0.5, 0.6) is 0 Å². The lowest BCUT2D eigenvalue weighted by molar-refractivity contribution is -0.202. The van der Waals surface area contributed by atoms with Crippen LogP contribution < -0.4 is 10.0 Å². The number of aromatic nitrogens is 1. The molecule has 148 valence electrons. The first-order valence-corrected chi connectivity index (χ1v) is 9.04. The van der Waals surface area contributed by atoms with E-state index in [1.807, 2.05) is 0 Å². The summed E-state index contributed by atoms with van der Waals surface area (Å²) in [6.45, 7) is 2.28. The monoisotopic (exact) mass is 407 g/mol. The molecule has 0 bridgehead atoms. The van der Waals surface area contributed by atoms with E-state index in [2.05, 4.69) is 14.4 Å². The maximum atomic E-state index is 13.9. The first-order valence-electron chi connectivity index (χ1n) is 7.56. The van der Waals surface area contributed by atoms with Crippen LogP contribution in [0, 0.1) is 6.92 Å². The van der Waals surface area contributed by atoms with Gasteiger partial charge in [0.1, 0.15) is 5.76 Å². The van der Waals surface area contributed by atoms with Gasteiger partial charge in [0.25, 0.3) is 5.66 Å². The second-order valence-corrected chi connectivity index (χ2v) is 7.02. The molecule has 0 amide bonds. The highest BCUT2D eigenvalue weighted by molar-refractivity contribution is 7.89. The molecule has 12 heteroatoms. The SMILES string of the molecule is CCOC(=O)C(Nc1cc(C)on1)(NS(=O)(=O)c1ccccc1)C(F)(F)F. The normalized spacial score (nSPS) is 14.4. The molecule has 0 radical (unpaired) electrons. The van der Waals surface area contributed by atoms with Crippen molar-refractivity contribution in [2.24, 2.45) is 0 Å². The van der Waals surface area contributed by atoms with E-state index in [0.29, 0.717) is 0 Å². The fourth-order valence-electron chi connectivity index (χ4n) is 2.08. The molecule has 1 heterocycles. The first-order chi connectivity index (χ1) is 12.5. The number of nitrogens with one attached hydrogen (secondary N) is 2. The minimum absolute atomic E-state index is 0.142. The molecule has 1 unspecified atom stereocenters. The summed E-state index contributed by atoms with van der Waals surface area (Å²) in [4.78, 5) is 11.8. The quantitative estimate of drug-likeness (QED) is 0.535. The van der Waals surface area contributed by atoms with Crippen molar-refractivity contribution in [2.45, 2.75) is 30.6 Å². The topological polar surface area (TPSA) is 111 Å². The number of anilines is 1. The summed E-state index contributed by atoms with van der Waals surface area (Å²) < 4.78 is 77.3. The number of nitrogens with zero attached hydrogens (tertiary/aromatic N) is 1. The van der Waals surface area contributed by atoms with E-state index in [9.17, 15) is 26.4 Å². The average Bonchev–Trinajstić information content (AvgIpc) is 2.99. The molecular weight excluding hydrogens is 391 g/mol. The van der Waals surface area contributed by atoms with Crippen LogP contribution in [0.2, 0.25) is 0 Å². The maximum absolute atomic E-state index is 13.9. The van der Waals surface area contributed by atoms with Crippen LogP contribution in [0.25, 0.3) is 0 Å². The summed E-state index contributed by atoms with van der Waals surface area (Å²) in [5.74, 6) is -2.25. The second-order valence-electron chi connectivity index (χ2n) is 5.33. The molecule has 8 nitrogen and oxygen atoms in total. The van der Waals surface area contributed by atoms with Crippen molar-refractivity contribution in [3.05, 3.63) is 42.2 Å². The molecule has 0 saturated heterocycles. The summed E-state index contributed by atoms with van der Waals surface area (Å²) >= 11 is 0. The first kappa shape index (κ1) is 20.7. The predicted molar refractivity (Wildman–Crippen MR) is 87.0 cm³/mol. The van der Waals surface area contributed by atoms with Gasteiger partial charge in [-0.15, -0.1) is 0 Å². The molecular formula is C15H16F3N3O5S. The smallest absolute Gasteiger partial charge is 0.437 e. The number of alkyl halides is 3. The van der Waals surface area contributed by atoms with Crippen LogP contribution >= 0.6 is 0 Å². The molecule has 0 spiro atoms. The molecule has 0 saturated carbocycles. The zero-order valence-corrected chi connectivity index (χ0v) is 15.0. The molecule has 2 N–H and O–H groups in total. The summed E-state index contributed by atoms with van der Waals surface area (Å²) in [6.07, 6.45) is -5.42. The number of carbonyl (C=O) groups is 1. The summed E-state index contributed by atoms with van der Waals surface area (Å²) in [5.41, 5.74) is -3.82. The number of hydrogen-bond donors (Lipinski definition) is 2. The van der Waals surface area contributed by atoms with Gasteiger partial charge in [0, 0.05) is 6.07 Å². The zero-order valence-electron chi connectivity index (χ0n) is 14.2. The van der Waals surface area contributed by atoms with Gasteiger partial charge >= 0.3 is 12.1 Å². The van der Waals surface area contributed by atoms with E-state index in [0.717, 1.165) is 18.2 Å². The van der Waals surface area contributed by atoms with Gasteiger partial charge in [0.05, 0.1) is 11.5 Å². The van der Waals surface area contributed by atoms with Crippen LogP contribution in [0.15, 0.2) is 45.8 Å². The Bertz CT molecular complexity index is 899. The van der Waals surface area contributed by atoms with E-state index in [-0.39, 0.29) is 5.76 Å². The Kier molecular flexibility index (Phi) is 5.80. The largest absolute Gasteiger partial charge is 0.463 e. The molecule has 1 aromatic carbocycles. The Morgan fingerprint density at radius 3 is 2.37 bits per heavy atom. The molecule has 0 aliphatic rings. The second kappa shape index (κ2) is 7.56. The number of aryl methyl sites for hydroxylation is 1. The Morgan fingerprint density at radius 2 is 1.89 bits per heavy atom. The Morgan fingerprint density at radius 1 is 1.26 bits per heavy atom. The van der Waals surface area contributed by atoms with Crippen molar-refractivity contribution in [3.63, 3.8) is 0 Å². The number of halogens is 3. The average molecular weight is 407 g/mol. The maximum Gasteiger partial charge on any atom is 0.437 e. The summed E-state index contributed by atoms with van der Waals surface area (Å²) in [7, 11) is -4.77. The summed E-state index contributed by atoms with van der Waals surface area (Å²) in [6, 6.07) is 7.35. The number of ether oxygens (including phenoxy) is 1. The number of benzene rings is 1. The third-order valence-corrected chi connectivity index (χ3v) is 4.76. The van der Waals surface area contributed by atoms with Crippen LogP contribution in [-0.4, -0.2) is 38.0 Å². The van der Waals surface area contributed by atoms with Crippen molar-refractivity contribution in [3.8, 4) is 0 Å². The van der Waals surface area contributed by atoms with E-state index in [4.69, 9.17) is 0 Å². The molecule has 0 aliphatic carbocycles. The van der Waals surface area contributed by atoms with Crippen molar-refractivity contribution in [1.29, 1.82) is 0 Å². The zero-order chi connectivity index (χ0) is 20.3. The van der Waals surface area contributed by atoms with Crippen molar-refractivity contribution >= 4 is 21.8 Å². The predicted octanol–water partition coefficient (Wildman–Crippen LogP) is 2.20. The molecule has 2 aromatic rings. The van der Waals surface area contributed by atoms with E-state index < -0.39 is 45.2 Å². The van der Waals surface area contributed by atoms with Gasteiger partial charge in [-0.2, -0.15) is 17.9 Å². The van der Waals surface area contributed by atoms with E-state index in [1.54, 1.807) is 5.32 Å². The van der Waals surface area contributed by atoms with Crippen LogP contribution in [0.4, 0.5) is 19.0 Å². The minimum Gasteiger partial charge on any atom is -0.463 e. The lowest BCUT2D eigenvalue weighted by Gasteiger charge is -2.34. The molecule has 1 aromatic heterocycles. The van der Waals surface area contributed by atoms with Crippen LogP contribution in [0.3, 0.4) is 0 Å². The fraction of sp³-hybridized carbons (Fsp3) is 0.333. The van der Waals surface area contributed by atoms with Gasteiger partial charge in [0.2, 0.25) is 10.0 Å². The minimum atomic E-state index is -5.42. The van der Waals surface area contributed by atoms with Gasteiger partial charge in [-0.25, -0.2) is 13.2 Å². The Labute approximate surface area is 152 Å². The molecule has 1 atom stereocenters. The number of hydrogen-bond acceptors (Lipinski definition) is 7. The van der Waals surface area contributed by atoms with Gasteiger partial charge in [-0.3, -0.25) is 0 Å². The highest BCUT2D eigenvalue weighted by Gasteiger charge is 2.65. The molecule has 2 rings (SSSR count). The summed E-state index contributed by atoms with van der Waals surface area (Å²) in [5, 5.41) is 5.10. The van der Waals surface area contributed by atoms with Crippen molar-refractivity contribution in [1.82, 2.24) is 9.88 Å². The Hall–Kier alpha value is -2.60. The number of carbonyl (C=O) groups excluding carboxylic acids is 1. The lowest BCUT2D eigenvalue weighted by Crippen LogP contribution is -2.69. The number of sulfonamides is 1. The number of rotatable bonds is 7. The van der Waals surface area contributed by atoms with E-state index >= 15 is 0 Å². The van der Waals surface area contributed by atoms with Gasteiger partial charge < -0.3 is 14.6 Å². The third kappa shape index (κ3) is 4.39. The van der Waals surface area contributed by atoms with Crippen LogP contribution in [-0.2, 0) is 19.6 Å². The van der Waals surface area contributed by atoms with Gasteiger partial charge in [-0.05, 0) is 26.0 Å². The van der Waals surface area contributed by atoms with Crippen LogP contribution in [0.1, 0.15) is 12.7 Å². The highest BCUT2D eigenvalue weighted by Crippen LogP contribution is 2.34. The molecule has 0 fully saturated rings. The lowest BCUT2D eigenvalue weighted by atomic mass is 10.1. The van der Waals surface area contributed by atoms with Crippen molar-refractivity contribution < 1.29 is 35.6 Å². The van der Waals surface area contributed by atoms with Gasteiger partial charge in [-0.1, -0.05) is 23.4 Å². The van der Waals surface area contributed by atoms with E-state index in [1.165, 1.54) is 36.8 Å². The molecule has 27 heavy (non-hydrogen) atoms. The van der Waals surface area contributed by atoms with Crippen molar-refractivity contribution in [2.75, 3.05) is 11.9 Å².